The molecule has 1 N–H and O–H groups in total. The molecule has 1 aliphatic heterocycles. The van der Waals surface area contributed by atoms with Gasteiger partial charge in [0.25, 0.3) is 0 Å². The van der Waals surface area contributed by atoms with Gasteiger partial charge in [0, 0.05) is 19.1 Å². The zero-order valence-electron chi connectivity index (χ0n) is 11.6. The molecule has 1 aromatic rings. The minimum absolute atomic E-state index is 0.388. The van der Waals surface area contributed by atoms with Crippen LogP contribution in [0, 0.1) is 18.3 Å². The van der Waals surface area contributed by atoms with Crippen molar-refractivity contribution in [2.24, 2.45) is 0 Å². The molecule has 1 saturated heterocycles. The molecule has 0 bridgehead atoms. The zero-order chi connectivity index (χ0) is 13.7. The van der Waals surface area contributed by atoms with Crippen molar-refractivity contribution in [3.8, 4) is 11.8 Å². The molecule has 1 aliphatic rings. The average molecular weight is 259 g/mol. The van der Waals surface area contributed by atoms with Crippen LogP contribution < -0.4 is 15.0 Å². The lowest BCUT2D eigenvalue weighted by molar-refractivity contribution is 0.404. The van der Waals surface area contributed by atoms with E-state index in [-0.39, 0.29) is 0 Å². The van der Waals surface area contributed by atoms with Crippen molar-refractivity contribution in [2.45, 2.75) is 25.8 Å². The summed E-state index contributed by atoms with van der Waals surface area (Å²) in [4.78, 5) is 2.35. The molecule has 1 fully saturated rings. The van der Waals surface area contributed by atoms with Crippen molar-refractivity contribution in [2.75, 3.05) is 31.6 Å². The number of nitriles is 1. The molecule has 19 heavy (non-hydrogen) atoms. The molecular weight excluding hydrogens is 238 g/mol. The number of hydrogen-bond donors (Lipinski definition) is 1. The highest BCUT2D eigenvalue weighted by Crippen LogP contribution is 2.31. The van der Waals surface area contributed by atoms with Crippen LogP contribution >= 0.6 is 0 Å². The van der Waals surface area contributed by atoms with Gasteiger partial charge in [0.2, 0.25) is 0 Å². The lowest BCUT2D eigenvalue weighted by Gasteiger charge is -2.35. The van der Waals surface area contributed by atoms with Crippen LogP contribution in [0.1, 0.15) is 18.4 Å². The number of benzene rings is 1. The Bertz CT molecular complexity index is 467. The molecule has 0 aliphatic carbocycles. The lowest BCUT2D eigenvalue weighted by Crippen LogP contribution is -2.46. The summed E-state index contributed by atoms with van der Waals surface area (Å²) in [6.45, 7) is 4.49. The van der Waals surface area contributed by atoms with Gasteiger partial charge < -0.3 is 9.64 Å². The maximum absolute atomic E-state index is 8.65. The van der Waals surface area contributed by atoms with Gasteiger partial charge in [-0.2, -0.15) is 5.26 Å². The number of aryl methyl sites for hydroxylation is 1. The fourth-order valence-electron chi connectivity index (χ4n) is 2.60. The van der Waals surface area contributed by atoms with Gasteiger partial charge in [-0.25, -0.2) is 0 Å². The van der Waals surface area contributed by atoms with Crippen LogP contribution in [-0.2, 0) is 0 Å². The summed E-state index contributed by atoms with van der Waals surface area (Å²) >= 11 is 0. The van der Waals surface area contributed by atoms with Crippen LogP contribution in [0.25, 0.3) is 0 Å². The minimum atomic E-state index is 0.388. The number of rotatable bonds is 4. The Hall–Kier alpha value is -1.73. The van der Waals surface area contributed by atoms with Gasteiger partial charge in [-0.15, -0.1) is 0 Å². The molecule has 0 radical (unpaired) electrons. The largest absolute Gasteiger partial charge is 0.495 e. The first kappa shape index (κ1) is 13.7. The van der Waals surface area contributed by atoms with E-state index in [2.05, 4.69) is 35.3 Å². The third kappa shape index (κ3) is 3.39. The van der Waals surface area contributed by atoms with Gasteiger partial charge in [-0.3, -0.25) is 5.32 Å². The predicted octanol–water partition coefficient (Wildman–Crippen LogP) is 2.09. The van der Waals surface area contributed by atoms with E-state index in [1.807, 2.05) is 6.07 Å². The average Bonchev–Trinajstić information content (AvgIpc) is 2.45. The van der Waals surface area contributed by atoms with Crippen molar-refractivity contribution in [1.82, 2.24) is 5.32 Å². The number of methoxy groups -OCH3 is 1. The highest BCUT2D eigenvalue weighted by Gasteiger charge is 2.21. The lowest BCUT2D eigenvalue weighted by atomic mass is 10.0. The fraction of sp³-hybridized carbons (Fsp3) is 0.533. The Morgan fingerprint density at radius 2 is 2.37 bits per heavy atom. The summed E-state index contributed by atoms with van der Waals surface area (Å²) in [7, 11) is 1.71. The van der Waals surface area contributed by atoms with Crippen LogP contribution in [0.3, 0.4) is 0 Å². The first-order valence-electron chi connectivity index (χ1n) is 6.74. The Balaban J connectivity index is 2.12. The molecule has 4 nitrogen and oxygen atoms in total. The van der Waals surface area contributed by atoms with Gasteiger partial charge in [0.05, 0.1) is 25.4 Å². The van der Waals surface area contributed by atoms with Gasteiger partial charge >= 0.3 is 0 Å². The van der Waals surface area contributed by atoms with Crippen LogP contribution in [0.4, 0.5) is 5.69 Å². The first-order chi connectivity index (χ1) is 9.24. The van der Waals surface area contributed by atoms with Gasteiger partial charge in [0.15, 0.2) is 0 Å². The molecule has 2 rings (SSSR count). The van der Waals surface area contributed by atoms with E-state index in [1.54, 1.807) is 7.11 Å². The normalized spacial score (nSPS) is 19.0. The van der Waals surface area contributed by atoms with E-state index in [1.165, 1.54) is 5.56 Å². The van der Waals surface area contributed by atoms with Crippen molar-refractivity contribution in [3.05, 3.63) is 23.8 Å². The van der Waals surface area contributed by atoms with Gasteiger partial charge in [-0.05, 0) is 37.5 Å². The van der Waals surface area contributed by atoms with E-state index in [0.717, 1.165) is 37.4 Å². The maximum atomic E-state index is 8.65. The quantitative estimate of drug-likeness (QED) is 0.841. The SMILES string of the molecule is COc1ccc(C)cc1N1CCCC(NCC#N)C1. The van der Waals surface area contributed by atoms with Crippen LogP contribution in [0.5, 0.6) is 5.75 Å². The second kappa shape index (κ2) is 6.44. The van der Waals surface area contributed by atoms with Crippen molar-refractivity contribution < 1.29 is 4.74 Å². The number of hydrogen-bond acceptors (Lipinski definition) is 4. The van der Waals surface area contributed by atoms with Crippen molar-refractivity contribution >= 4 is 5.69 Å². The monoisotopic (exact) mass is 259 g/mol. The summed E-state index contributed by atoms with van der Waals surface area (Å²) in [5.41, 5.74) is 2.40. The topological polar surface area (TPSA) is 48.3 Å². The third-order valence-corrected chi connectivity index (χ3v) is 3.57. The number of ether oxygens (including phenoxy) is 1. The van der Waals surface area contributed by atoms with E-state index in [9.17, 15) is 0 Å². The highest BCUT2D eigenvalue weighted by molar-refractivity contribution is 5.60. The molecule has 102 valence electrons. The standard InChI is InChI=1S/C15H21N3O/c1-12-5-6-15(19-2)14(10-12)18-9-3-4-13(11-18)17-8-7-16/h5-6,10,13,17H,3-4,8-9,11H2,1-2H3. The molecule has 1 heterocycles. The van der Waals surface area contributed by atoms with Crippen molar-refractivity contribution in [1.29, 1.82) is 5.26 Å². The molecule has 1 aromatic carbocycles. The summed E-state index contributed by atoms with van der Waals surface area (Å²) < 4.78 is 5.46. The molecular formula is C15H21N3O. The van der Waals surface area contributed by atoms with Gasteiger partial charge in [0.1, 0.15) is 5.75 Å². The van der Waals surface area contributed by atoms with Gasteiger partial charge in [-0.1, -0.05) is 6.07 Å². The third-order valence-electron chi connectivity index (χ3n) is 3.57. The van der Waals surface area contributed by atoms with Crippen LogP contribution in [-0.4, -0.2) is 32.8 Å². The Morgan fingerprint density at radius 1 is 1.53 bits per heavy atom. The molecule has 0 saturated carbocycles. The molecule has 1 unspecified atom stereocenters. The summed E-state index contributed by atoms with van der Waals surface area (Å²) in [5, 5.41) is 11.9. The zero-order valence-corrected chi connectivity index (χ0v) is 11.6. The second-order valence-corrected chi connectivity index (χ2v) is 5.00. The minimum Gasteiger partial charge on any atom is -0.495 e. The molecule has 1 atom stereocenters. The van der Waals surface area contributed by atoms with Crippen LogP contribution in [0.15, 0.2) is 18.2 Å². The van der Waals surface area contributed by atoms with E-state index < -0.39 is 0 Å². The van der Waals surface area contributed by atoms with Crippen molar-refractivity contribution in [3.63, 3.8) is 0 Å². The summed E-state index contributed by atoms with van der Waals surface area (Å²) in [5.74, 6) is 0.923. The molecule has 0 aromatic heterocycles. The highest BCUT2D eigenvalue weighted by atomic mass is 16.5. The Morgan fingerprint density at radius 3 is 3.11 bits per heavy atom. The first-order valence-corrected chi connectivity index (χ1v) is 6.74. The number of nitrogens with one attached hydrogen (secondary N) is 1. The maximum Gasteiger partial charge on any atom is 0.142 e. The van der Waals surface area contributed by atoms with E-state index >= 15 is 0 Å². The summed E-state index contributed by atoms with van der Waals surface area (Å²) in [6.07, 6.45) is 2.27. The summed E-state index contributed by atoms with van der Waals surface area (Å²) in [6, 6.07) is 8.80. The Labute approximate surface area is 115 Å². The number of nitrogens with zero attached hydrogens (tertiary/aromatic N) is 2. The predicted molar refractivity (Wildman–Crippen MR) is 76.6 cm³/mol. The van der Waals surface area contributed by atoms with Crippen LogP contribution in [0.2, 0.25) is 0 Å². The smallest absolute Gasteiger partial charge is 0.142 e. The molecule has 0 amide bonds. The second-order valence-electron chi connectivity index (χ2n) is 5.00. The fourth-order valence-corrected chi connectivity index (χ4v) is 2.60. The van der Waals surface area contributed by atoms with E-state index in [4.69, 9.17) is 10.00 Å². The van der Waals surface area contributed by atoms with E-state index in [0.29, 0.717) is 12.6 Å². The number of piperidine rings is 1. The number of anilines is 1. The molecule has 0 spiro atoms. The Kier molecular flexibility index (Phi) is 4.64. The molecule has 4 heteroatoms.